The van der Waals surface area contributed by atoms with Crippen molar-refractivity contribution >= 4 is 17.4 Å². The van der Waals surface area contributed by atoms with Gasteiger partial charge in [-0.3, -0.25) is 0 Å². The molecular formula is C10H13ClFN3O. The van der Waals surface area contributed by atoms with Gasteiger partial charge in [-0.2, -0.15) is 0 Å². The first-order valence-corrected chi connectivity index (χ1v) is 5.12. The van der Waals surface area contributed by atoms with Crippen molar-refractivity contribution in [2.75, 3.05) is 6.54 Å². The van der Waals surface area contributed by atoms with Crippen molar-refractivity contribution in [2.24, 2.45) is 10.9 Å². The first-order chi connectivity index (χ1) is 7.63. The smallest absolute Gasteiger partial charge is 0.141 e. The van der Waals surface area contributed by atoms with Crippen LogP contribution in [0.2, 0.25) is 5.02 Å². The van der Waals surface area contributed by atoms with Crippen molar-refractivity contribution in [2.45, 2.75) is 13.0 Å². The van der Waals surface area contributed by atoms with Gasteiger partial charge in [-0.05, 0) is 17.7 Å². The summed E-state index contributed by atoms with van der Waals surface area (Å²) in [6.07, 6.45) is 0.450. The summed E-state index contributed by atoms with van der Waals surface area (Å²) in [7, 11) is 0. The summed E-state index contributed by atoms with van der Waals surface area (Å²) in [4.78, 5) is 0. The second-order valence-electron chi connectivity index (χ2n) is 3.27. The van der Waals surface area contributed by atoms with Crippen LogP contribution in [0.3, 0.4) is 0 Å². The highest BCUT2D eigenvalue weighted by molar-refractivity contribution is 6.30. The van der Waals surface area contributed by atoms with Gasteiger partial charge in [-0.1, -0.05) is 22.8 Å². The van der Waals surface area contributed by atoms with E-state index in [1.807, 2.05) is 0 Å². The van der Waals surface area contributed by atoms with Crippen LogP contribution in [0.15, 0.2) is 23.4 Å². The van der Waals surface area contributed by atoms with E-state index in [1.54, 1.807) is 12.1 Å². The maximum atomic E-state index is 12.8. The number of oxime groups is 1. The lowest BCUT2D eigenvalue weighted by Gasteiger charge is -2.05. The number of halogens is 2. The molecule has 0 unspecified atom stereocenters. The Bertz CT molecular complexity index is 384. The molecule has 0 aromatic heterocycles. The second-order valence-corrected chi connectivity index (χ2v) is 3.67. The van der Waals surface area contributed by atoms with Gasteiger partial charge >= 0.3 is 0 Å². The van der Waals surface area contributed by atoms with E-state index < -0.39 is 5.82 Å². The highest BCUT2D eigenvalue weighted by Crippen LogP contribution is 2.15. The van der Waals surface area contributed by atoms with E-state index >= 15 is 0 Å². The van der Waals surface area contributed by atoms with Gasteiger partial charge in [0, 0.05) is 19.5 Å². The first kappa shape index (κ1) is 12.7. The van der Waals surface area contributed by atoms with E-state index in [9.17, 15) is 4.39 Å². The van der Waals surface area contributed by atoms with Crippen molar-refractivity contribution in [3.8, 4) is 0 Å². The van der Waals surface area contributed by atoms with Crippen LogP contribution in [0.4, 0.5) is 4.39 Å². The van der Waals surface area contributed by atoms with Crippen LogP contribution in [0.1, 0.15) is 12.0 Å². The maximum absolute atomic E-state index is 12.8. The summed E-state index contributed by atoms with van der Waals surface area (Å²) < 4.78 is 12.8. The lowest BCUT2D eigenvalue weighted by atomic mass is 10.2. The third-order valence-corrected chi connectivity index (χ3v) is 2.29. The molecule has 1 aromatic rings. The van der Waals surface area contributed by atoms with Crippen LogP contribution in [0.5, 0.6) is 0 Å². The lowest BCUT2D eigenvalue weighted by molar-refractivity contribution is 0.316. The fourth-order valence-electron chi connectivity index (χ4n) is 1.15. The minimum absolute atomic E-state index is 0.107. The van der Waals surface area contributed by atoms with Crippen LogP contribution < -0.4 is 11.1 Å². The number of nitrogens with one attached hydrogen (secondary N) is 1. The molecule has 0 amide bonds. The van der Waals surface area contributed by atoms with Crippen molar-refractivity contribution in [3.05, 3.63) is 34.6 Å². The standard InChI is InChI=1S/C10H13ClFN3O/c11-8-5-7(1-2-9(8)12)6-14-4-3-10(13)15-16/h1-2,5,14,16H,3-4,6H2,(H2,13,15). The summed E-state index contributed by atoms with van der Waals surface area (Å²) >= 11 is 5.62. The molecule has 1 aromatic carbocycles. The minimum Gasteiger partial charge on any atom is -0.409 e. The molecule has 0 saturated heterocycles. The third-order valence-electron chi connectivity index (χ3n) is 2.00. The van der Waals surface area contributed by atoms with Gasteiger partial charge in [0.2, 0.25) is 0 Å². The average Bonchev–Trinajstić information content (AvgIpc) is 2.28. The van der Waals surface area contributed by atoms with Crippen LogP contribution in [-0.2, 0) is 6.54 Å². The lowest BCUT2D eigenvalue weighted by Crippen LogP contribution is -2.22. The molecule has 0 atom stereocenters. The SMILES string of the molecule is NC(CCNCc1ccc(F)c(Cl)c1)=NO. The van der Waals surface area contributed by atoms with E-state index in [1.165, 1.54) is 6.07 Å². The first-order valence-electron chi connectivity index (χ1n) is 4.74. The minimum atomic E-state index is -0.429. The Hall–Kier alpha value is -1.33. The molecule has 0 aliphatic carbocycles. The molecule has 4 nitrogen and oxygen atoms in total. The molecule has 16 heavy (non-hydrogen) atoms. The van der Waals surface area contributed by atoms with Crippen molar-refractivity contribution < 1.29 is 9.60 Å². The Morgan fingerprint density at radius 1 is 1.56 bits per heavy atom. The number of amidine groups is 1. The van der Waals surface area contributed by atoms with E-state index in [0.717, 1.165) is 5.56 Å². The Balaban J connectivity index is 2.35. The van der Waals surface area contributed by atoms with Crippen molar-refractivity contribution in [1.82, 2.24) is 5.32 Å². The van der Waals surface area contributed by atoms with Crippen LogP contribution >= 0.6 is 11.6 Å². The summed E-state index contributed by atoms with van der Waals surface area (Å²) in [5.74, 6) is -0.258. The zero-order valence-electron chi connectivity index (χ0n) is 8.58. The van der Waals surface area contributed by atoms with Crippen LogP contribution in [-0.4, -0.2) is 17.6 Å². The van der Waals surface area contributed by atoms with E-state index in [4.69, 9.17) is 22.5 Å². The predicted octanol–water partition coefficient (Wildman–Crippen LogP) is 1.71. The highest BCUT2D eigenvalue weighted by atomic mass is 35.5. The maximum Gasteiger partial charge on any atom is 0.141 e. The Labute approximate surface area is 97.9 Å². The number of hydrogen-bond acceptors (Lipinski definition) is 3. The normalized spacial score (nSPS) is 11.8. The fraction of sp³-hybridized carbons (Fsp3) is 0.300. The van der Waals surface area contributed by atoms with Crippen LogP contribution in [0.25, 0.3) is 0 Å². The molecule has 0 aliphatic heterocycles. The molecule has 6 heteroatoms. The molecule has 0 saturated carbocycles. The molecular weight excluding hydrogens is 233 g/mol. The number of benzene rings is 1. The summed E-state index contributed by atoms with van der Waals surface area (Å²) in [5, 5.41) is 14.3. The quantitative estimate of drug-likeness (QED) is 0.243. The van der Waals surface area contributed by atoms with Gasteiger partial charge in [-0.25, -0.2) is 4.39 Å². The monoisotopic (exact) mass is 245 g/mol. The topological polar surface area (TPSA) is 70.6 Å². The molecule has 0 fully saturated rings. The van der Waals surface area contributed by atoms with Gasteiger partial charge in [0.15, 0.2) is 0 Å². The predicted molar refractivity (Wildman–Crippen MR) is 61.1 cm³/mol. The zero-order chi connectivity index (χ0) is 12.0. The van der Waals surface area contributed by atoms with E-state index in [0.29, 0.717) is 19.5 Å². The summed E-state index contributed by atoms with van der Waals surface area (Å²) in [6.45, 7) is 1.13. The molecule has 0 heterocycles. The Morgan fingerprint density at radius 3 is 2.94 bits per heavy atom. The molecule has 4 N–H and O–H groups in total. The molecule has 0 spiro atoms. The number of nitrogens with two attached hydrogens (primary N) is 1. The fourth-order valence-corrected chi connectivity index (χ4v) is 1.35. The highest BCUT2D eigenvalue weighted by Gasteiger charge is 2.00. The number of rotatable bonds is 5. The number of nitrogens with zero attached hydrogens (tertiary/aromatic N) is 1. The largest absolute Gasteiger partial charge is 0.409 e. The van der Waals surface area contributed by atoms with Gasteiger partial charge in [0.1, 0.15) is 11.7 Å². The van der Waals surface area contributed by atoms with E-state index in [2.05, 4.69) is 10.5 Å². The molecule has 1 rings (SSSR count). The van der Waals surface area contributed by atoms with E-state index in [-0.39, 0.29) is 10.9 Å². The summed E-state index contributed by atoms with van der Waals surface area (Å²) in [5.41, 5.74) is 6.17. The van der Waals surface area contributed by atoms with Crippen molar-refractivity contribution in [1.29, 1.82) is 0 Å². The number of hydrogen-bond donors (Lipinski definition) is 3. The van der Waals surface area contributed by atoms with Gasteiger partial charge in [0.05, 0.1) is 5.02 Å². The second kappa shape index (κ2) is 6.30. The molecule has 0 radical (unpaired) electrons. The van der Waals surface area contributed by atoms with Gasteiger partial charge in [0.25, 0.3) is 0 Å². The summed E-state index contributed by atoms with van der Waals surface area (Å²) in [6, 6.07) is 4.54. The third kappa shape index (κ3) is 4.04. The zero-order valence-corrected chi connectivity index (χ0v) is 9.34. The Kier molecular flexibility index (Phi) is 5.01. The molecule has 88 valence electrons. The Morgan fingerprint density at radius 2 is 2.31 bits per heavy atom. The molecule has 0 aliphatic rings. The van der Waals surface area contributed by atoms with Gasteiger partial charge < -0.3 is 16.3 Å². The average molecular weight is 246 g/mol. The van der Waals surface area contributed by atoms with Crippen LogP contribution in [0, 0.1) is 5.82 Å². The molecule has 0 bridgehead atoms. The van der Waals surface area contributed by atoms with Crippen molar-refractivity contribution in [3.63, 3.8) is 0 Å². The van der Waals surface area contributed by atoms with Gasteiger partial charge in [-0.15, -0.1) is 0 Å².